The summed E-state index contributed by atoms with van der Waals surface area (Å²) in [6.07, 6.45) is 7.58. The zero-order valence-electron chi connectivity index (χ0n) is 10.7. The molecule has 0 amide bonds. The zero-order valence-corrected chi connectivity index (χ0v) is 10.7. The van der Waals surface area contributed by atoms with Crippen LogP contribution in [0.25, 0.3) is 0 Å². The fourth-order valence-corrected chi connectivity index (χ4v) is 2.26. The molecule has 1 aromatic rings. The van der Waals surface area contributed by atoms with Crippen LogP contribution in [0.2, 0.25) is 0 Å². The molecule has 0 aliphatic heterocycles. The van der Waals surface area contributed by atoms with Crippen molar-refractivity contribution in [2.24, 2.45) is 13.0 Å². The third-order valence-corrected chi connectivity index (χ3v) is 3.31. The average molecular weight is 238 g/mol. The van der Waals surface area contributed by atoms with Gasteiger partial charge in [-0.05, 0) is 44.1 Å². The van der Waals surface area contributed by atoms with Crippen LogP contribution in [-0.2, 0) is 18.2 Å². The number of rotatable bonds is 7. The Bertz CT molecular complexity index is 347. The predicted octanol–water partition coefficient (Wildman–Crippen LogP) is 1.53. The Balaban J connectivity index is 1.80. The Kier molecular flexibility index (Phi) is 4.18. The molecule has 1 saturated carbocycles. The number of aryl methyl sites for hydroxylation is 2. The van der Waals surface area contributed by atoms with Crippen molar-refractivity contribution in [3.63, 3.8) is 0 Å². The lowest BCUT2D eigenvalue weighted by atomic mass is 10.0. The Morgan fingerprint density at radius 1 is 1.59 bits per heavy atom. The fraction of sp³-hybridized carbons (Fsp3) is 0.769. The summed E-state index contributed by atoms with van der Waals surface area (Å²) in [6.45, 7) is 2.67. The van der Waals surface area contributed by atoms with E-state index in [2.05, 4.69) is 5.10 Å². The van der Waals surface area contributed by atoms with Crippen LogP contribution < -0.4 is 0 Å². The number of aliphatic hydroxyl groups excluding tert-OH is 1. The topological polar surface area (TPSA) is 47.3 Å². The quantitative estimate of drug-likeness (QED) is 0.783. The van der Waals surface area contributed by atoms with Crippen molar-refractivity contribution >= 4 is 0 Å². The van der Waals surface area contributed by atoms with Crippen LogP contribution in [0.5, 0.6) is 0 Å². The second-order valence-electron chi connectivity index (χ2n) is 4.89. The molecule has 1 aliphatic carbocycles. The van der Waals surface area contributed by atoms with Gasteiger partial charge >= 0.3 is 0 Å². The van der Waals surface area contributed by atoms with Crippen LogP contribution in [0.4, 0.5) is 0 Å². The molecular weight excluding hydrogens is 216 g/mol. The number of nitrogens with zero attached hydrogens (tertiary/aromatic N) is 2. The molecule has 0 spiro atoms. The SMILES string of the molecule is CCOC(C(O)CCc1cnn(C)c1)C1CC1. The second-order valence-corrected chi connectivity index (χ2v) is 4.89. The number of hydrogen-bond donors (Lipinski definition) is 1. The average Bonchev–Trinajstić information content (AvgIpc) is 3.06. The molecule has 1 aromatic heterocycles. The van der Waals surface area contributed by atoms with E-state index < -0.39 is 0 Å². The minimum Gasteiger partial charge on any atom is -0.390 e. The van der Waals surface area contributed by atoms with Crippen molar-refractivity contribution in [1.29, 1.82) is 0 Å². The zero-order chi connectivity index (χ0) is 12.3. The van der Waals surface area contributed by atoms with Gasteiger partial charge in [0.15, 0.2) is 0 Å². The summed E-state index contributed by atoms with van der Waals surface area (Å²) in [4.78, 5) is 0. The molecule has 2 atom stereocenters. The van der Waals surface area contributed by atoms with Gasteiger partial charge < -0.3 is 9.84 Å². The molecule has 1 heterocycles. The minimum atomic E-state index is -0.345. The first-order chi connectivity index (χ1) is 8.20. The summed E-state index contributed by atoms with van der Waals surface area (Å²) in [5, 5.41) is 14.3. The van der Waals surface area contributed by atoms with Gasteiger partial charge in [-0.15, -0.1) is 0 Å². The molecule has 96 valence electrons. The lowest BCUT2D eigenvalue weighted by Gasteiger charge is -2.22. The Morgan fingerprint density at radius 2 is 2.35 bits per heavy atom. The van der Waals surface area contributed by atoms with Gasteiger partial charge in [0.05, 0.1) is 18.4 Å². The molecule has 2 unspecified atom stereocenters. The van der Waals surface area contributed by atoms with Gasteiger partial charge in [-0.2, -0.15) is 5.10 Å². The van der Waals surface area contributed by atoms with Gasteiger partial charge in [0.1, 0.15) is 0 Å². The summed E-state index contributed by atoms with van der Waals surface area (Å²) >= 11 is 0. The first-order valence-electron chi connectivity index (χ1n) is 6.48. The highest BCUT2D eigenvalue weighted by Gasteiger charge is 2.36. The third kappa shape index (κ3) is 3.54. The molecule has 2 rings (SSSR count). The molecule has 0 bridgehead atoms. The maximum Gasteiger partial charge on any atom is 0.0861 e. The van der Waals surface area contributed by atoms with E-state index in [-0.39, 0.29) is 12.2 Å². The van der Waals surface area contributed by atoms with Gasteiger partial charge in [-0.1, -0.05) is 0 Å². The molecule has 0 aromatic carbocycles. The summed E-state index contributed by atoms with van der Waals surface area (Å²) in [6, 6.07) is 0. The van der Waals surface area contributed by atoms with Crippen molar-refractivity contribution in [1.82, 2.24) is 9.78 Å². The number of aromatic nitrogens is 2. The summed E-state index contributed by atoms with van der Waals surface area (Å²) in [7, 11) is 1.91. The molecule has 4 heteroatoms. The number of ether oxygens (including phenoxy) is 1. The highest BCUT2D eigenvalue weighted by Crippen LogP contribution is 2.36. The lowest BCUT2D eigenvalue weighted by Crippen LogP contribution is -2.31. The van der Waals surface area contributed by atoms with Gasteiger partial charge in [0.25, 0.3) is 0 Å². The van der Waals surface area contributed by atoms with Crippen LogP contribution in [0.1, 0.15) is 31.7 Å². The van der Waals surface area contributed by atoms with Crippen molar-refractivity contribution < 1.29 is 9.84 Å². The van der Waals surface area contributed by atoms with Gasteiger partial charge in [0, 0.05) is 19.9 Å². The third-order valence-electron chi connectivity index (χ3n) is 3.31. The van der Waals surface area contributed by atoms with E-state index in [0.717, 1.165) is 12.8 Å². The summed E-state index contributed by atoms with van der Waals surface area (Å²) < 4.78 is 7.44. The summed E-state index contributed by atoms with van der Waals surface area (Å²) in [5.74, 6) is 0.582. The predicted molar refractivity (Wildman–Crippen MR) is 65.7 cm³/mol. The molecule has 1 fully saturated rings. The van der Waals surface area contributed by atoms with E-state index in [9.17, 15) is 5.11 Å². The van der Waals surface area contributed by atoms with Crippen LogP contribution in [0.3, 0.4) is 0 Å². The van der Waals surface area contributed by atoms with E-state index in [0.29, 0.717) is 12.5 Å². The first kappa shape index (κ1) is 12.6. The lowest BCUT2D eigenvalue weighted by molar-refractivity contribution is -0.0473. The van der Waals surface area contributed by atoms with E-state index in [1.165, 1.54) is 18.4 Å². The highest BCUT2D eigenvalue weighted by molar-refractivity contribution is 5.04. The number of hydrogen-bond acceptors (Lipinski definition) is 3. The Morgan fingerprint density at radius 3 is 2.88 bits per heavy atom. The Hall–Kier alpha value is -0.870. The van der Waals surface area contributed by atoms with E-state index >= 15 is 0 Å². The second kappa shape index (κ2) is 5.65. The van der Waals surface area contributed by atoms with E-state index in [1.54, 1.807) is 4.68 Å². The standard InChI is InChI=1S/C13H22N2O2/c1-3-17-13(11-5-6-11)12(16)7-4-10-8-14-15(2)9-10/h8-9,11-13,16H,3-7H2,1-2H3. The molecule has 0 radical (unpaired) electrons. The summed E-state index contributed by atoms with van der Waals surface area (Å²) in [5.41, 5.74) is 1.18. The molecule has 0 saturated heterocycles. The smallest absolute Gasteiger partial charge is 0.0861 e. The largest absolute Gasteiger partial charge is 0.390 e. The van der Waals surface area contributed by atoms with E-state index in [1.807, 2.05) is 26.4 Å². The molecule has 1 N–H and O–H groups in total. The maximum atomic E-state index is 10.2. The monoisotopic (exact) mass is 238 g/mol. The fourth-order valence-electron chi connectivity index (χ4n) is 2.26. The van der Waals surface area contributed by atoms with Crippen LogP contribution in [0, 0.1) is 5.92 Å². The van der Waals surface area contributed by atoms with Crippen molar-refractivity contribution in [2.45, 2.75) is 44.8 Å². The van der Waals surface area contributed by atoms with Crippen LogP contribution in [0.15, 0.2) is 12.4 Å². The van der Waals surface area contributed by atoms with Gasteiger partial charge in [-0.25, -0.2) is 0 Å². The first-order valence-corrected chi connectivity index (χ1v) is 6.48. The minimum absolute atomic E-state index is 0.0386. The van der Waals surface area contributed by atoms with Gasteiger partial charge in [-0.3, -0.25) is 4.68 Å². The van der Waals surface area contributed by atoms with E-state index in [4.69, 9.17) is 4.74 Å². The van der Waals surface area contributed by atoms with Crippen LogP contribution in [-0.4, -0.2) is 33.7 Å². The maximum absolute atomic E-state index is 10.2. The normalized spacial score (nSPS) is 19.2. The number of aliphatic hydroxyl groups is 1. The molecule has 4 nitrogen and oxygen atoms in total. The van der Waals surface area contributed by atoms with Crippen molar-refractivity contribution in [3.8, 4) is 0 Å². The highest BCUT2D eigenvalue weighted by atomic mass is 16.5. The molecule has 17 heavy (non-hydrogen) atoms. The molecule has 1 aliphatic rings. The van der Waals surface area contributed by atoms with Crippen molar-refractivity contribution in [3.05, 3.63) is 18.0 Å². The van der Waals surface area contributed by atoms with Crippen LogP contribution >= 0.6 is 0 Å². The molecular formula is C13H22N2O2. The Labute approximate surface area is 103 Å². The van der Waals surface area contributed by atoms with Gasteiger partial charge in [0.2, 0.25) is 0 Å². The van der Waals surface area contributed by atoms with Crippen molar-refractivity contribution in [2.75, 3.05) is 6.61 Å².